The number of para-hydroxylation sites is 2. The van der Waals surface area contributed by atoms with Crippen molar-refractivity contribution in [2.24, 2.45) is 0 Å². The first-order chi connectivity index (χ1) is 10.6. The second-order valence-corrected chi connectivity index (χ2v) is 4.63. The second kappa shape index (κ2) is 7.36. The Bertz CT molecular complexity index is 625. The molecular weight excluding hydrogens is 282 g/mol. The van der Waals surface area contributed by atoms with E-state index in [1.165, 1.54) is 0 Å². The highest BCUT2D eigenvalue weighted by Crippen LogP contribution is 2.27. The van der Waals surface area contributed by atoms with Crippen LogP contribution in [0.3, 0.4) is 0 Å². The minimum absolute atomic E-state index is 0.240. The van der Waals surface area contributed by atoms with Gasteiger partial charge in [0.25, 0.3) is 5.91 Å². The summed E-state index contributed by atoms with van der Waals surface area (Å²) in [5, 5.41) is 2.79. The molecule has 2 aromatic carbocycles. The van der Waals surface area contributed by atoms with Gasteiger partial charge in [0.2, 0.25) is 0 Å². The van der Waals surface area contributed by atoms with Gasteiger partial charge in [-0.2, -0.15) is 0 Å². The Kier molecular flexibility index (Phi) is 5.25. The fraction of sp³-hybridized carbons (Fsp3) is 0.235. The van der Waals surface area contributed by atoms with E-state index in [-0.39, 0.29) is 5.91 Å². The second-order valence-electron chi connectivity index (χ2n) is 4.63. The molecule has 0 aliphatic carbocycles. The fourth-order valence-electron chi connectivity index (χ4n) is 1.88. The zero-order valence-corrected chi connectivity index (χ0v) is 12.8. The van der Waals surface area contributed by atoms with Crippen molar-refractivity contribution in [2.45, 2.75) is 13.0 Å². The van der Waals surface area contributed by atoms with Crippen molar-refractivity contribution in [3.8, 4) is 17.2 Å². The number of methoxy groups -OCH3 is 2. The third-order valence-corrected chi connectivity index (χ3v) is 3.10. The first-order valence-corrected chi connectivity index (χ1v) is 6.88. The van der Waals surface area contributed by atoms with E-state index in [2.05, 4.69) is 5.32 Å². The van der Waals surface area contributed by atoms with E-state index in [4.69, 9.17) is 14.2 Å². The van der Waals surface area contributed by atoms with E-state index in [0.29, 0.717) is 17.2 Å². The number of nitrogens with one attached hydrogen (secondary N) is 1. The van der Waals surface area contributed by atoms with Crippen LogP contribution in [0.2, 0.25) is 0 Å². The molecule has 22 heavy (non-hydrogen) atoms. The van der Waals surface area contributed by atoms with Gasteiger partial charge in [-0.05, 0) is 43.3 Å². The average molecular weight is 301 g/mol. The minimum Gasteiger partial charge on any atom is -0.497 e. The summed E-state index contributed by atoms with van der Waals surface area (Å²) in [6.07, 6.45) is -0.654. The van der Waals surface area contributed by atoms with Gasteiger partial charge in [-0.3, -0.25) is 4.79 Å². The van der Waals surface area contributed by atoms with Crippen molar-refractivity contribution >= 4 is 11.6 Å². The molecule has 1 amide bonds. The molecule has 0 unspecified atom stereocenters. The molecule has 116 valence electrons. The lowest BCUT2D eigenvalue weighted by Gasteiger charge is -2.16. The maximum Gasteiger partial charge on any atom is 0.265 e. The van der Waals surface area contributed by atoms with Crippen LogP contribution in [-0.2, 0) is 4.79 Å². The number of hydrogen-bond donors (Lipinski definition) is 1. The molecule has 0 aliphatic rings. The minimum atomic E-state index is -0.654. The molecule has 0 aliphatic heterocycles. The van der Waals surface area contributed by atoms with Gasteiger partial charge in [-0.15, -0.1) is 0 Å². The lowest BCUT2D eigenvalue weighted by Crippen LogP contribution is -2.30. The number of rotatable bonds is 6. The highest BCUT2D eigenvalue weighted by Gasteiger charge is 2.16. The Balaban J connectivity index is 1.99. The summed E-state index contributed by atoms with van der Waals surface area (Å²) in [5.41, 5.74) is 0.682. The van der Waals surface area contributed by atoms with Crippen molar-refractivity contribution < 1.29 is 19.0 Å². The fourth-order valence-corrected chi connectivity index (χ4v) is 1.88. The van der Waals surface area contributed by atoms with Gasteiger partial charge in [0.15, 0.2) is 17.6 Å². The molecule has 2 rings (SSSR count). The SMILES string of the molecule is COc1ccc(NC(=O)[C@@H](C)Oc2ccccc2OC)cc1. The van der Waals surface area contributed by atoms with E-state index < -0.39 is 6.10 Å². The van der Waals surface area contributed by atoms with Gasteiger partial charge in [-0.1, -0.05) is 12.1 Å². The van der Waals surface area contributed by atoms with Gasteiger partial charge >= 0.3 is 0 Å². The highest BCUT2D eigenvalue weighted by molar-refractivity contribution is 5.94. The molecule has 0 bridgehead atoms. The Labute approximate surface area is 129 Å². The van der Waals surface area contributed by atoms with Crippen LogP contribution >= 0.6 is 0 Å². The number of carbonyl (C=O) groups is 1. The van der Waals surface area contributed by atoms with Crippen molar-refractivity contribution in [3.05, 3.63) is 48.5 Å². The molecule has 5 nitrogen and oxygen atoms in total. The molecule has 0 heterocycles. The standard InChI is InChI=1S/C17H19NO4/c1-12(22-16-7-5-4-6-15(16)21-3)17(19)18-13-8-10-14(20-2)11-9-13/h4-12H,1-3H3,(H,18,19)/t12-/m1/s1. The van der Waals surface area contributed by atoms with Crippen LogP contribution in [0.25, 0.3) is 0 Å². The summed E-state index contributed by atoms with van der Waals surface area (Å²) in [6.45, 7) is 1.69. The molecular formula is C17H19NO4. The lowest BCUT2D eigenvalue weighted by molar-refractivity contribution is -0.122. The zero-order valence-electron chi connectivity index (χ0n) is 12.8. The lowest BCUT2D eigenvalue weighted by atomic mass is 10.2. The number of benzene rings is 2. The van der Waals surface area contributed by atoms with Crippen molar-refractivity contribution in [1.82, 2.24) is 0 Å². The molecule has 1 N–H and O–H groups in total. The summed E-state index contributed by atoms with van der Waals surface area (Å²) in [7, 11) is 3.15. The molecule has 0 aromatic heterocycles. The van der Waals surface area contributed by atoms with Gasteiger partial charge in [-0.25, -0.2) is 0 Å². The predicted molar refractivity (Wildman–Crippen MR) is 84.7 cm³/mol. The molecule has 0 fully saturated rings. The van der Waals surface area contributed by atoms with Gasteiger partial charge in [0.05, 0.1) is 14.2 Å². The average Bonchev–Trinajstić information content (AvgIpc) is 2.56. The molecule has 0 radical (unpaired) electrons. The number of carbonyl (C=O) groups excluding carboxylic acids is 1. The Hall–Kier alpha value is -2.69. The quantitative estimate of drug-likeness (QED) is 0.890. The molecule has 0 saturated heterocycles. The maximum absolute atomic E-state index is 12.2. The predicted octanol–water partition coefficient (Wildman–Crippen LogP) is 3.11. The topological polar surface area (TPSA) is 56.8 Å². The summed E-state index contributed by atoms with van der Waals surface area (Å²) >= 11 is 0. The van der Waals surface area contributed by atoms with Crippen molar-refractivity contribution in [2.75, 3.05) is 19.5 Å². The summed E-state index contributed by atoms with van der Waals surface area (Å²) in [6, 6.07) is 14.3. The maximum atomic E-state index is 12.2. The monoisotopic (exact) mass is 301 g/mol. The molecule has 1 atom stereocenters. The largest absolute Gasteiger partial charge is 0.497 e. The van der Waals surface area contributed by atoms with E-state index in [1.807, 2.05) is 12.1 Å². The van der Waals surface area contributed by atoms with Gasteiger partial charge in [0, 0.05) is 5.69 Å². The Morgan fingerprint density at radius 1 is 0.955 bits per heavy atom. The van der Waals surface area contributed by atoms with E-state index in [1.54, 1.807) is 57.5 Å². The van der Waals surface area contributed by atoms with E-state index in [9.17, 15) is 4.79 Å². The van der Waals surface area contributed by atoms with Crippen LogP contribution in [-0.4, -0.2) is 26.2 Å². The summed E-state index contributed by atoms with van der Waals surface area (Å²) < 4.78 is 15.9. The summed E-state index contributed by atoms with van der Waals surface area (Å²) in [4.78, 5) is 12.2. The Morgan fingerprint density at radius 2 is 1.59 bits per heavy atom. The Morgan fingerprint density at radius 3 is 2.18 bits per heavy atom. The van der Waals surface area contributed by atoms with Crippen LogP contribution in [0.4, 0.5) is 5.69 Å². The number of hydrogen-bond acceptors (Lipinski definition) is 4. The third-order valence-electron chi connectivity index (χ3n) is 3.10. The van der Waals surface area contributed by atoms with Gasteiger partial charge in [0.1, 0.15) is 5.75 Å². The van der Waals surface area contributed by atoms with Crippen LogP contribution in [0, 0.1) is 0 Å². The number of ether oxygens (including phenoxy) is 3. The first-order valence-electron chi connectivity index (χ1n) is 6.88. The van der Waals surface area contributed by atoms with E-state index >= 15 is 0 Å². The van der Waals surface area contributed by atoms with E-state index in [0.717, 1.165) is 5.75 Å². The number of amides is 1. The van der Waals surface area contributed by atoms with Crippen LogP contribution in [0.15, 0.2) is 48.5 Å². The first kappa shape index (κ1) is 15.7. The molecule has 5 heteroatoms. The number of anilines is 1. The van der Waals surface area contributed by atoms with Crippen molar-refractivity contribution in [3.63, 3.8) is 0 Å². The normalized spacial score (nSPS) is 11.4. The highest BCUT2D eigenvalue weighted by atomic mass is 16.5. The van der Waals surface area contributed by atoms with Crippen molar-refractivity contribution in [1.29, 1.82) is 0 Å². The van der Waals surface area contributed by atoms with Crippen LogP contribution < -0.4 is 19.5 Å². The summed E-state index contributed by atoms with van der Waals surface area (Å²) in [5.74, 6) is 1.61. The molecule has 0 saturated carbocycles. The van der Waals surface area contributed by atoms with Crippen LogP contribution in [0.1, 0.15) is 6.92 Å². The van der Waals surface area contributed by atoms with Gasteiger partial charge < -0.3 is 19.5 Å². The zero-order chi connectivity index (χ0) is 15.9. The third kappa shape index (κ3) is 3.91. The smallest absolute Gasteiger partial charge is 0.265 e. The molecule has 2 aromatic rings. The van der Waals surface area contributed by atoms with Crippen LogP contribution in [0.5, 0.6) is 17.2 Å². The molecule has 0 spiro atoms.